The van der Waals surface area contributed by atoms with Gasteiger partial charge in [0.1, 0.15) is 0 Å². The number of hydrogen-bond acceptors (Lipinski definition) is 6. The number of ether oxygens (including phenoxy) is 4. The molecule has 4 aliphatic heterocycles. The van der Waals surface area contributed by atoms with Crippen LogP contribution in [-0.2, 0) is 25.4 Å². The molecule has 4 saturated heterocycles. The lowest BCUT2D eigenvalue weighted by molar-refractivity contribution is 0.388. The molecule has 31 heavy (non-hydrogen) atoms. The van der Waals surface area contributed by atoms with Gasteiger partial charge in [0, 0.05) is 37.6 Å². The zero-order valence-corrected chi connectivity index (χ0v) is 17.8. The number of benzene rings is 2. The van der Waals surface area contributed by atoms with Crippen molar-refractivity contribution in [1.82, 2.24) is 0 Å². The van der Waals surface area contributed by atoms with Crippen molar-refractivity contribution in [2.45, 2.75) is 30.8 Å². The normalized spacial score (nSPS) is 27.6. The van der Waals surface area contributed by atoms with Gasteiger partial charge in [0.15, 0.2) is 0 Å². The standard InChI is InChI=1S/C25H30N2O4/c1-2-4-25(27(12-23-16-30-23)13-24-17-31-24)19(3-1)9-18-5-7-20(8-6-18)26(10-21-14-28-21)11-22-15-29-22/h1-8,21-24H,9-17H2. The van der Waals surface area contributed by atoms with E-state index in [9.17, 15) is 0 Å². The summed E-state index contributed by atoms with van der Waals surface area (Å²) < 4.78 is 21.9. The molecule has 0 saturated carbocycles. The number of hydrogen-bond donors (Lipinski definition) is 0. The molecule has 2 aromatic carbocycles. The molecular weight excluding hydrogens is 392 g/mol. The Bertz CT molecular complexity index is 861. The van der Waals surface area contributed by atoms with Crippen LogP contribution in [0.1, 0.15) is 11.1 Å². The van der Waals surface area contributed by atoms with Crippen LogP contribution >= 0.6 is 0 Å². The first-order chi connectivity index (χ1) is 15.3. The Hall–Kier alpha value is -2.12. The van der Waals surface area contributed by atoms with Gasteiger partial charge in [-0.05, 0) is 35.7 Å². The van der Waals surface area contributed by atoms with Crippen molar-refractivity contribution in [2.24, 2.45) is 0 Å². The largest absolute Gasteiger partial charge is 0.371 e. The number of para-hydroxylation sites is 1. The second kappa shape index (κ2) is 8.43. The summed E-state index contributed by atoms with van der Waals surface area (Å²) in [5.74, 6) is 0. The Morgan fingerprint density at radius 2 is 1.10 bits per heavy atom. The van der Waals surface area contributed by atoms with Gasteiger partial charge in [0.25, 0.3) is 0 Å². The predicted molar refractivity (Wildman–Crippen MR) is 119 cm³/mol. The van der Waals surface area contributed by atoms with Crippen LogP contribution < -0.4 is 9.80 Å². The van der Waals surface area contributed by atoms with Gasteiger partial charge >= 0.3 is 0 Å². The van der Waals surface area contributed by atoms with E-state index < -0.39 is 0 Å². The second-order valence-corrected chi connectivity index (χ2v) is 9.10. The molecule has 4 aliphatic rings. The molecule has 6 nitrogen and oxygen atoms in total. The molecule has 4 unspecified atom stereocenters. The SMILES string of the molecule is c1ccc(N(CC2CO2)CC2CO2)c(Cc2ccc(N(CC3CO3)CC3CO3)cc2)c1. The smallest absolute Gasteiger partial charge is 0.0984 e. The maximum absolute atomic E-state index is 5.51. The first-order valence-electron chi connectivity index (χ1n) is 11.4. The lowest BCUT2D eigenvalue weighted by Gasteiger charge is -2.26. The van der Waals surface area contributed by atoms with E-state index in [1.54, 1.807) is 0 Å². The van der Waals surface area contributed by atoms with Gasteiger partial charge in [-0.3, -0.25) is 0 Å². The van der Waals surface area contributed by atoms with E-state index in [1.807, 2.05) is 0 Å². The van der Waals surface area contributed by atoms with E-state index in [4.69, 9.17) is 18.9 Å². The minimum Gasteiger partial charge on any atom is -0.371 e. The van der Waals surface area contributed by atoms with Crippen molar-refractivity contribution in [3.05, 3.63) is 59.7 Å². The maximum atomic E-state index is 5.51. The Balaban J connectivity index is 1.17. The van der Waals surface area contributed by atoms with Gasteiger partial charge < -0.3 is 28.7 Å². The average molecular weight is 423 g/mol. The quantitative estimate of drug-likeness (QED) is 0.490. The highest BCUT2D eigenvalue weighted by Crippen LogP contribution is 2.29. The lowest BCUT2D eigenvalue weighted by atomic mass is 10.0. The average Bonchev–Trinajstić information content (AvgIpc) is 3.63. The molecule has 164 valence electrons. The van der Waals surface area contributed by atoms with Gasteiger partial charge in [-0.2, -0.15) is 0 Å². The summed E-state index contributed by atoms with van der Waals surface area (Å²) in [7, 11) is 0. The van der Waals surface area contributed by atoms with Gasteiger partial charge in [-0.15, -0.1) is 0 Å². The van der Waals surface area contributed by atoms with Crippen LogP contribution in [0.4, 0.5) is 11.4 Å². The fourth-order valence-electron chi connectivity index (χ4n) is 4.25. The van der Waals surface area contributed by atoms with Gasteiger partial charge in [-0.1, -0.05) is 30.3 Å². The van der Waals surface area contributed by atoms with Crippen molar-refractivity contribution in [2.75, 3.05) is 62.4 Å². The Morgan fingerprint density at radius 3 is 1.61 bits per heavy atom. The molecule has 0 radical (unpaired) electrons. The Labute approximate surface area is 183 Å². The predicted octanol–water partition coefficient (Wildman–Crippen LogP) is 2.49. The summed E-state index contributed by atoms with van der Waals surface area (Å²) in [6, 6.07) is 17.8. The van der Waals surface area contributed by atoms with Crippen LogP contribution in [0.25, 0.3) is 0 Å². The third kappa shape index (κ3) is 5.39. The molecule has 0 N–H and O–H groups in total. The monoisotopic (exact) mass is 422 g/mol. The van der Waals surface area contributed by atoms with E-state index in [1.165, 1.54) is 22.5 Å². The molecule has 0 spiro atoms. The summed E-state index contributed by atoms with van der Waals surface area (Å²) in [4.78, 5) is 4.85. The van der Waals surface area contributed by atoms with Crippen LogP contribution in [0, 0.1) is 0 Å². The molecule has 2 aromatic rings. The van der Waals surface area contributed by atoms with Crippen molar-refractivity contribution in [3.8, 4) is 0 Å². The molecule has 6 heteroatoms. The van der Waals surface area contributed by atoms with Crippen LogP contribution in [0.5, 0.6) is 0 Å². The van der Waals surface area contributed by atoms with Crippen LogP contribution in [0.2, 0.25) is 0 Å². The molecule has 4 fully saturated rings. The first kappa shape index (κ1) is 19.6. The first-order valence-corrected chi connectivity index (χ1v) is 11.4. The number of epoxide rings is 4. The summed E-state index contributed by atoms with van der Waals surface area (Å²) in [6.45, 7) is 7.29. The summed E-state index contributed by atoms with van der Waals surface area (Å²) in [5, 5.41) is 0. The molecule has 0 amide bonds. The van der Waals surface area contributed by atoms with Gasteiger partial charge in [0.05, 0.1) is 50.8 Å². The molecule has 4 atom stereocenters. The molecule has 4 heterocycles. The van der Waals surface area contributed by atoms with Gasteiger partial charge in [-0.25, -0.2) is 0 Å². The van der Waals surface area contributed by atoms with Crippen LogP contribution in [-0.4, -0.2) is 77.0 Å². The summed E-state index contributed by atoms with van der Waals surface area (Å²) in [6.07, 6.45) is 2.40. The number of anilines is 2. The Kier molecular flexibility index (Phi) is 5.32. The van der Waals surface area contributed by atoms with E-state index in [2.05, 4.69) is 58.3 Å². The van der Waals surface area contributed by atoms with Crippen molar-refractivity contribution >= 4 is 11.4 Å². The topological polar surface area (TPSA) is 56.6 Å². The molecule has 0 aromatic heterocycles. The highest BCUT2D eigenvalue weighted by atomic mass is 16.6. The summed E-state index contributed by atoms with van der Waals surface area (Å²) >= 11 is 0. The minimum absolute atomic E-state index is 0.364. The van der Waals surface area contributed by atoms with E-state index in [0.717, 1.165) is 59.0 Å². The zero-order valence-electron chi connectivity index (χ0n) is 17.8. The molecule has 6 rings (SSSR count). The third-order valence-electron chi connectivity index (χ3n) is 6.33. The maximum Gasteiger partial charge on any atom is 0.0984 e. The van der Waals surface area contributed by atoms with E-state index >= 15 is 0 Å². The minimum atomic E-state index is 0.364. The van der Waals surface area contributed by atoms with Crippen molar-refractivity contribution in [3.63, 3.8) is 0 Å². The van der Waals surface area contributed by atoms with E-state index in [-0.39, 0.29) is 0 Å². The number of rotatable bonds is 12. The fourth-order valence-corrected chi connectivity index (χ4v) is 4.25. The second-order valence-electron chi connectivity index (χ2n) is 9.10. The number of nitrogens with zero attached hydrogens (tertiary/aromatic N) is 2. The van der Waals surface area contributed by atoms with E-state index in [0.29, 0.717) is 24.4 Å². The van der Waals surface area contributed by atoms with Crippen molar-refractivity contribution < 1.29 is 18.9 Å². The van der Waals surface area contributed by atoms with Gasteiger partial charge in [0.2, 0.25) is 0 Å². The molecule has 0 bridgehead atoms. The Morgan fingerprint density at radius 1 is 0.613 bits per heavy atom. The molecule has 0 aliphatic carbocycles. The summed E-state index contributed by atoms with van der Waals surface area (Å²) in [5.41, 5.74) is 5.23. The zero-order chi connectivity index (χ0) is 20.6. The van der Waals surface area contributed by atoms with Crippen LogP contribution in [0.3, 0.4) is 0 Å². The lowest BCUT2D eigenvalue weighted by Crippen LogP contribution is -2.32. The molecular formula is C25H30N2O4. The highest BCUT2D eigenvalue weighted by Gasteiger charge is 2.32. The van der Waals surface area contributed by atoms with Crippen molar-refractivity contribution in [1.29, 1.82) is 0 Å². The highest BCUT2D eigenvalue weighted by molar-refractivity contribution is 5.56. The fraction of sp³-hybridized carbons (Fsp3) is 0.520. The third-order valence-corrected chi connectivity index (χ3v) is 6.33. The van der Waals surface area contributed by atoms with Crippen LogP contribution in [0.15, 0.2) is 48.5 Å².